The van der Waals surface area contributed by atoms with Gasteiger partial charge in [-0.1, -0.05) is 12.1 Å². The van der Waals surface area contributed by atoms with Gasteiger partial charge in [0, 0.05) is 6.54 Å². The van der Waals surface area contributed by atoms with E-state index < -0.39 is 10.0 Å². The van der Waals surface area contributed by atoms with E-state index in [2.05, 4.69) is 10.0 Å². The van der Waals surface area contributed by atoms with Gasteiger partial charge >= 0.3 is 0 Å². The van der Waals surface area contributed by atoms with Crippen LogP contribution in [0.25, 0.3) is 0 Å². The molecule has 1 fully saturated rings. The highest BCUT2D eigenvalue weighted by Crippen LogP contribution is 2.18. The summed E-state index contributed by atoms with van der Waals surface area (Å²) in [4.78, 5) is 0.0737. The molecule has 2 rings (SSSR count). The van der Waals surface area contributed by atoms with E-state index in [4.69, 9.17) is 5.26 Å². The van der Waals surface area contributed by atoms with E-state index in [-0.39, 0.29) is 22.9 Å². The molecule has 1 unspecified atom stereocenters. The van der Waals surface area contributed by atoms with Crippen molar-refractivity contribution in [3.05, 3.63) is 29.3 Å². The van der Waals surface area contributed by atoms with Crippen LogP contribution in [0.15, 0.2) is 23.1 Å². The third kappa shape index (κ3) is 4.42. The lowest BCUT2D eigenvalue weighted by molar-refractivity contribution is 0.519. The molecule has 0 amide bonds. The number of hydrogen-bond acceptors (Lipinski definition) is 4. The average molecular weight is 330 g/mol. The molecule has 0 radical (unpaired) electrons. The molecule has 0 bridgehead atoms. The lowest BCUT2D eigenvalue weighted by Gasteiger charge is -2.11. The maximum Gasteiger partial charge on any atom is 0.241 e. The van der Waals surface area contributed by atoms with Crippen molar-refractivity contribution in [3.8, 4) is 6.07 Å². The number of nitrogens with one attached hydrogen (secondary N) is 2. The molecule has 0 aromatic heterocycles. The summed E-state index contributed by atoms with van der Waals surface area (Å²) in [5.41, 5.74) is 0.901. The van der Waals surface area contributed by atoms with Gasteiger partial charge in [0.15, 0.2) is 0 Å². The zero-order chi connectivity index (χ0) is 14.6. The smallest absolute Gasteiger partial charge is 0.241 e. The Morgan fingerprint density at radius 2 is 2.24 bits per heavy atom. The molecule has 116 valence electrons. The van der Waals surface area contributed by atoms with E-state index in [1.807, 2.05) is 6.07 Å². The minimum atomic E-state index is -3.61. The molecule has 1 aromatic carbocycles. The molecule has 0 aliphatic carbocycles. The quantitative estimate of drug-likeness (QED) is 0.859. The first-order valence-corrected chi connectivity index (χ1v) is 8.23. The molecule has 7 heteroatoms. The Hall–Kier alpha value is -1.13. The molecule has 5 nitrogen and oxygen atoms in total. The van der Waals surface area contributed by atoms with Crippen molar-refractivity contribution in [3.63, 3.8) is 0 Å². The zero-order valence-corrected chi connectivity index (χ0v) is 13.6. The van der Waals surface area contributed by atoms with Crippen molar-refractivity contribution < 1.29 is 8.42 Å². The highest BCUT2D eigenvalue weighted by Gasteiger charge is 2.20. The van der Waals surface area contributed by atoms with E-state index in [1.165, 1.54) is 6.07 Å². The Kier molecular flexibility index (Phi) is 6.62. The monoisotopic (exact) mass is 329 g/mol. The van der Waals surface area contributed by atoms with Gasteiger partial charge in [0.2, 0.25) is 10.0 Å². The summed E-state index contributed by atoms with van der Waals surface area (Å²) in [6.45, 7) is 4.11. The van der Waals surface area contributed by atoms with Crippen LogP contribution in [0.2, 0.25) is 0 Å². The lowest BCUT2D eigenvalue weighted by atomic mass is 10.1. The predicted octanol–water partition coefficient (Wildman–Crippen LogP) is 1.57. The molecule has 1 aliphatic rings. The summed E-state index contributed by atoms with van der Waals surface area (Å²) in [5, 5.41) is 12.4. The van der Waals surface area contributed by atoms with Crippen LogP contribution in [0.5, 0.6) is 0 Å². The molecule has 1 saturated heterocycles. The van der Waals surface area contributed by atoms with Gasteiger partial charge in [-0.05, 0) is 50.4 Å². The molecule has 1 aromatic rings. The van der Waals surface area contributed by atoms with Gasteiger partial charge in [-0.2, -0.15) is 5.26 Å². The van der Waals surface area contributed by atoms with Crippen molar-refractivity contribution in [2.75, 3.05) is 19.6 Å². The fourth-order valence-corrected chi connectivity index (χ4v) is 3.72. The van der Waals surface area contributed by atoms with Gasteiger partial charge in [0.25, 0.3) is 0 Å². The Morgan fingerprint density at radius 3 is 2.86 bits per heavy atom. The summed E-state index contributed by atoms with van der Waals surface area (Å²) >= 11 is 0. The summed E-state index contributed by atoms with van der Waals surface area (Å²) in [7, 11) is -3.61. The second kappa shape index (κ2) is 7.76. The number of halogens is 1. The van der Waals surface area contributed by atoms with Crippen LogP contribution in [-0.2, 0) is 10.0 Å². The van der Waals surface area contributed by atoms with Gasteiger partial charge in [-0.3, -0.25) is 0 Å². The summed E-state index contributed by atoms with van der Waals surface area (Å²) in [6, 6.07) is 6.85. The first-order chi connectivity index (χ1) is 9.54. The molecule has 1 atom stereocenters. The molecule has 2 N–H and O–H groups in total. The number of sulfonamides is 1. The minimum Gasteiger partial charge on any atom is -0.316 e. The number of nitriles is 1. The number of benzene rings is 1. The molecule has 0 spiro atoms. The minimum absolute atomic E-state index is 0. The standard InChI is InChI=1S/C14H19N3O2S.ClH/c1-11-3-2-4-14(13(11)9-15)20(18,19)17-8-6-12-5-7-16-10-12;/h2-4,12,16-17H,5-8,10H2,1H3;1H. The predicted molar refractivity (Wildman–Crippen MR) is 83.9 cm³/mol. The summed E-state index contributed by atoms with van der Waals surface area (Å²) < 4.78 is 27.1. The molecule has 1 aliphatic heterocycles. The molecule has 1 heterocycles. The van der Waals surface area contributed by atoms with E-state index >= 15 is 0 Å². The van der Waals surface area contributed by atoms with Crippen LogP contribution in [-0.4, -0.2) is 28.1 Å². The second-order valence-electron chi connectivity index (χ2n) is 5.11. The van der Waals surface area contributed by atoms with Crippen molar-refractivity contribution in [1.29, 1.82) is 5.26 Å². The zero-order valence-electron chi connectivity index (χ0n) is 11.9. The maximum absolute atomic E-state index is 12.3. The van der Waals surface area contributed by atoms with Crippen LogP contribution < -0.4 is 10.0 Å². The Morgan fingerprint density at radius 1 is 1.48 bits per heavy atom. The largest absolute Gasteiger partial charge is 0.316 e. The highest BCUT2D eigenvalue weighted by molar-refractivity contribution is 7.89. The number of nitrogens with zero attached hydrogens (tertiary/aromatic N) is 1. The van der Waals surface area contributed by atoms with Gasteiger partial charge in [0.05, 0.1) is 10.5 Å². The van der Waals surface area contributed by atoms with Gasteiger partial charge in [-0.15, -0.1) is 12.4 Å². The van der Waals surface area contributed by atoms with Gasteiger partial charge in [0.1, 0.15) is 6.07 Å². The topological polar surface area (TPSA) is 82.0 Å². The Labute approximate surface area is 132 Å². The SMILES string of the molecule is Cc1cccc(S(=O)(=O)NCCC2CCNC2)c1C#N.Cl. The van der Waals surface area contributed by atoms with Crippen molar-refractivity contribution in [2.45, 2.75) is 24.7 Å². The fraction of sp³-hybridized carbons (Fsp3) is 0.500. The van der Waals surface area contributed by atoms with E-state index in [0.717, 1.165) is 25.9 Å². The summed E-state index contributed by atoms with van der Waals surface area (Å²) in [6.07, 6.45) is 1.91. The van der Waals surface area contributed by atoms with Crippen LogP contribution in [0, 0.1) is 24.2 Å². The Bertz CT molecular complexity index is 620. The third-order valence-corrected chi connectivity index (χ3v) is 5.15. The van der Waals surface area contributed by atoms with Gasteiger partial charge in [-0.25, -0.2) is 13.1 Å². The maximum atomic E-state index is 12.3. The first-order valence-electron chi connectivity index (χ1n) is 6.74. The normalized spacial score (nSPS) is 18.0. The third-order valence-electron chi connectivity index (χ3n) is 3.64. The van der Waals surface area contributed by atoms with Crippen LogP contribution in [0.1, 0.15) is 24.0 Å². The van der Waals surface area contributed by atoms with Crippen molar-refractivity contribution in [1.82, 2.24) is 10.0 Å². The lowest BCUT2D eigenvalue weighted by Crippen LogP contribution is -2.27. The molecular weight excluding hydrogens is 310 g/mol. The average Bonchev–Trinajstić information content (AvgIpc) is 2.91. The van der Waals surface area contributed by atoms with E-state index in [9.17, 15) is 8.42 Å². The van der Waals surface area contributed by atoms with E-state index in [1.54, 1.807) is 19.1 Å². The van der Waals surface area contributed by atoms with Crippen LogP contribution in [0.3, 0.4) is 0 Å². The van der Waals surface area contributed by atoms with Gasteiger partial charge < -0.3 is 5.32 Å². The van der Waals surface area contributed by atoms with Crippen molar-refractivity contribution in [2.24, 2.45) is 5.92 Å². The summed E-state index contributed by atoms with van der Waals surface area (Å²) in [5.74, 6) is 0.533. The van der Waals surface area contributed by atoms with E-state index in [0.29, 0.717) is 18.0 Å². The number of aryl methyl sites for hydroxylation is 1. The van der Waals surface area contributed by atoms with Crippen LogP contribution in [0.4, 0.5) is 0 Å². The Balaban J connectivity index is 0.00000220. The molecule has 0 saturated carbocycles. The molecular formula is C14H20ClN3O2S. The highest BCUT2D eigenvalue weighted by atomic mass is 35.5. The van der Waals surface area contributed by atoms with Crippen LogP contribution >= 0.6 is 12.4 Å². The fourth-order valence-electron chi connectivity index (χ4n) is 2.44. The first kappa shape index (κ1) is 17.9. The number of hydrogen-bond donors (Lipinski definition) is 2. The molecule has 21 heavy (non-hydrogen) atoms. The number of rotatable bonds is 5. The second-order valence-corrected chi connectivity index (χ2v) is 6.84. The van der Waals surface area contributed by atoms with Crippen molar-refractivity contribution >= 4 is 22.4 Å².